The molecule has 0 spiro atoms. The first-order valence-electron chi connectivity index (χ1n) is 7.87. The van der Waals surface area contributed by atoms with E-state index >= 15 is 0 Å². The van der Waals surface area contributed by atoms with E-state index in [1.54, 1.807) is 11.3 Å². The lowest BCUT2D eigenvalue weighted by Gasteiger charge is -2.02. The highest BCUT2D eigenvalue weighted by Crippen LogP contribution is 2.21. The number of thiazole rings is 1. The van der Waals surface area contributed by atoms with Crippen LogP contribution in [0.2, 0.25) is 0 Å². The van der Waals surface area contributed by atoms with Gasteiger partial charge in [0.05, 0.1) is 5.69 Å². The van der Waals surface area contributed by atoms with Gasteiger partial charge in [-0.25, -0.2) is 4.98 Å². The number of carbonyl (C=O) groups excluding carboxylic acids is 1. The molecular formula is C16H28N2OS. The highest BCUT2D eigenvalue weighted by molar-refractivity contribution is 7.15. The molecule has 1 heterocycles. The Kier molecular flexibility index (Phi) is 8.51. The molecule has 0 aliphatic heterocycles. The Morgan fingerprint density at radius 2 is 1.65 bits per heavy atom. The second-order valence-electron chi connectivity index (χ2n) is 5.43. The quantitative estimate of drug-likeness (QED) is 0.601. The van der Waals surface area contributed by atoms with Crippen molar-refractivity contribution in [3.63, 3.8) is 0 Å². The van der Waals surface area contributed by atoms with Crippen LogP contribution in [0.25, 0.3) is 0 Å². The van der Waals surface area contributed by atoms with Crippen LogP contribution in [0.4, 0.5) is 5.13 Å². The Balaban J connectivity index is 2.03. The Bertz CT molecular complexity index is 382. The molecule has 0 bridgehead atoms. The first kappa shape index (κ1) is 17.2. The summed E-state index contributed by atoms with van der Waals surface area (Å²) >= 11 is 1.55. The van der Waals surface area contributed by atoms with Gasteiger partial charge in [-0.3, -0.25) is 4.79 Å². The number of hydrogen-bond acceptors (Lipinski definition) is 3. The molecule has 1 rings (SSSR count). The topological polar surface area (TPSA) is 42.0 Å². The molecule has 0 aliphatic carbocycles. The zero-order chi connectivity index (χ0) is 14.8. The maximum Gasteiger partial charge on any atom is 0.226 e. The summed E-state index contributed by atoms with van der Waals surface area (Å²) in [6.07, 6.45) is 10.7. The average Bonchev–Trinajstić information content (AvgIpc) is 2.71. The zero-order valence-corrected chi connectivity index (χ0v) is 13.9. The number of aryl methyl sites for hydroxylation is 2. The van der Waals surface area contributed by atoms with Crippen LogP contribution in [-0.4, -0.2) is 10.9 Å². The van der Waals surface area contributed by atoms with E-state index in [9.17, 15) is 4.79 Å². The highest BCUT2D eigenvalue weighted by Gasteiger charge is 2.07. The molecule has 0 aromatic carbocycles. The second-order valence-corrected chi connectivity index (χ2v) is 6.64. The van der Waals surface area contributed by atoms with E-state index in [1.807, 2.05) is 13.8 Å². The largest absolute Gasteiger partial charge is 0.302 e. The lowest BCUT2D eigenvalue weighted by molar-refractivity contribution is -0.116. The third-order valence-corrected chi connectivity index (χ3v) is 4.52. The maximum absolute atomic E-state index is 11.8. The van der Waals surface area contributed by atoms with Crippen LogP contribution in [0.15, 0.2) is 0 Å². The third kappa shape index (κ3) is 7.04. The first-order valence-corrected chi connectivity index (χ1v) is 8.69. The van der Waals surface area contributed by atoms with E-state index in [2.05, 4.69) is 17.2 Å². The van der Waals surface area contributed by atoms with E-state index in [4.69, 9.17) is 0 Å². The van der Waals surface area contributed by atoms with Crippen molar-refractivity contribution < 1.29 is 4.79 Å². The number of anilines is 1. The lowest BCUT2D eigenvalue weighted by Crippen LogP contribution is -2.10. The predicted molar refractivity (Wildman–Crippen MR) is 87.4 cm³/mol. The Labute approximate surface area is 127 Å². The van der Waals surface area contributed by atoms with Gasteiger partial charge in [0.25, 0.3) is 0 Å². The molecule has 0 saturated heterocycles. The number of rotatable bonds is 10. The van der Waals surface area contributed by atoms with Gasteiger partial charge in [0, 0.05) is 11.3 Å². The summed E-state index contributed by atoms with van der Waals surface area (Å²) in [4.78, 5) is 17.3. The molecule has 0 unspecified atom stereocenters. The van der Waals surface area contributed by atoms with Gasteiger partial charge >= 0.3 is 0 Å². The van der Waals surface area contributed by atoms with Crippen molar-refractivity contribution in [1.82, 2.24) is 4.98 Å². The van der Waals surface area contributed by atoms with E-state index in [-0.39, 0.29) is 5.91 Å². The Morgan fingerprint density at radius 3 is 2.20 bits per heavy atom. The summed E-state index contributed by atoms with van der Waals surface area (Å²) in [5, 5.41) is 3.63. The molecule has 1 N–H and O–H groups in total. The number of unbranched alkanes of at least 4 members (excludes halogenated alkanes) is 7. The summed E-state index contributed by atoms with van der Waals surface area (Å²) in [7, 11) is 0. The zero-order valence-electron chi connectivity index (χ0n) is 13.1. The van der Waals surface area contributed by atoms with Gasteiger partial charge < -0.3 is 5.32 Å². The molecule has 4 heteroatoms. The van der Waals surface area contributed by atoms with E-state index in [0.717, 1.165) is 23.7 Å². The van der Waals surface area contributed by atoms with Crippen LogP contribution in [0.5, 0.6) is 0 Å². The SMILES string of the molecule is CCCCCCCCCCC(=O)Nc1nc(C)c(C)s1. The van der Waals surface area contributed by atoms with Crippen LogP contribution in [0, 0.1) is 13.8 Å². The fraction of sp³-hybridized carbons (Fsp3) is 0.750. The summed E-state index contributed by atoms with van der Waals surface area (Å²) in [5.74, 6) is 0.102. The molecule has 0 atom stereocenters. The van der Waals surface area contributed by atoms with Gasteiger partial charge in [-0.15, -0.1) is 11.3 Å². The standard InChI is InChI=1S/C16H28N2OS/c1-4-5-6-7-8-9-10-11-12-15(19)18-16-17-13(2)14(3)20-16/h4-12H2,1-3H3,(H,17,18,19). The lowest BCUT2D eigenvalue weighted by atomic mass is 10.1. The van der Waals surface area contributed by atoms with Gasteiger partial charge in [0.2, 0.25) is 5.91 Å². The monoisotopic (exact) mass is 296 g/mol. The molecule has 20 heavy (non-hydrogen) atoms. The Hall–Kier alpha value is -0.900. The fourth-order valence-electron chi connectivity index (χ4n) is 2.13. The molecule has 114 valence electrons. The van der Waals surface area contributed by atoms with Crippen molar-refractivity contribution in [2.24, 2.45) is 0 Å². The number of carbonyl (C=O) groups is 1. The van der Waals surface area contributed by atoms with Crippen molar-refractivity contribution in [2.45, 2.75) is 78.6 Å². The van der Waals surface area contributed by atoms with Crippen molar-refractivity contribution in [3.8, 4) is 0 Å². The maximum atomic E-state index is 11.8. The molecular weight excluding hydrogens is 268 g/mol. The van der Waals surface area contributed by atoms with Crippen molar-refractivity contribution in [1.29, 1.82) is 0 Å². The number of hydrogen-bond donors (Lipinski definition) is 1. The van der Waals surface area contributed by atoms with E-state index in [0.29, 0.717) is 6.42 Å². The molecule has 0 aliphatic rings. The molecule has 0 saturated carbocycles. The van der Waals surface area contributed by atoms with Crippen LogP contribution in [0.3, 0.4) is 0 Å². The van der Waals surface area contributed by atoms with Crippen LogP contribution in [-0.2, 0) is 4.79 Å². The normalized spacial score (nSPS) is 10.8. The smallest absolute Gasteiger partial charge is 0.226 e. The van der Waals surface area contributed by atoms with Gasteiger partial charge in [0.15, 0.2) is 5.13 Å². The highest BCUT2D eigenvalue weighted by atomic mass is 32.1. The van der Waals surface area contributed by atoms with Crippen molar-refractivity contribution in [3.05, 3.63) is 10.6 Å². The van der Waals surface area contributed by atoms with Crippen LogP contribution in [0.1, 0.15) is 75.3 Å². The summed E-state index contributed by atoms with van der Waals surface area (Å²) in [6, 6.07) is 0. The van der Waals surface area contributed by atoms with Gasteiger partial charge in [-0.1, -0.05) is 51.9 Å². The molecule has 0 fully saturated rings. The minimum absolute atomic E-state index is 0.102. The average molecular weight is 296 g/mol. The van der Waals surface area contributed by atoms with Gasteiger partial charge in [-0.2, -0.15) is 0 Å². The summed E-state index contributed by atoms with van der Waals surface area (Å²) in [5.41, 5.74) is 1.01. The van der Waals surface area contributed by atoms with Crippen molar-refractivity contribution in [2.75, 3.05) is 5.32 Å². The number of aromatic nitrogens is 1. The second kappa shape index (κ2) is 9.92. The van der Waals surface area contributed by atoms with Crippen LogP contribution < -0.4 is 5.32 Å². The summed E-state index contributed by atoms with van der Waals surface area (Å²) < 4.78 is 0. The van der Waals surface area contributed by atoms with Gasteiger partial charge in [0.1, 0.15) is 0 Å². The van der Waals surface area contributed by atoms with E-state index in [1.165, 1.54) is 43.4 Å². The predicted octanol–water partition coefficient (Wildman–Crippen LogP) is 5.23. The Morgan fingerprint density at radius 1 is 1.05 bits per heavy atom. The summed E-state index contributed by atoms with van der Waals surface area (Å²) in [6.45, 7) is 6.24. The number of nitrogens with zero attached hydrogens (tertiary/aromatic N) is 1. The van der Waals surface area contributed by atoms with Crippen molar-refractivity contribution >= 4 is 22.4 Å². The first-order chi connectivity index (χ1) is 9.63. The van der Waals surface area contributed by atoms with E-state index < -0.39 is 0 Å². The third-order valence-electron chi connectivity index (χ3n) is 3.53. The number of amides is 1. The fourth-order valence-corrected chi connectivity index (χ4v) is 2.96. The van der Waals surface area contributed by atoms with Crippen LogP contribution >= 0.6 is 11.3 Å². The molecule has 1 amide bonds. The molecule has 3 nitrogen and oxygen atoms in total. The minimum Gasteiger partial charge on any atom is -0.302 e. The van der Waals surface area contributed by atoms with Gasteiger partial charge in [-0.05, 0) is 20.3 Å². The molecule has 1 aromatic heterocycles. The minimum atomic E-state index is 0.102. The molecule has 1 aromatic rings. The molecule has 0 radical (unpaired) electrons. The number of nitrogens with one attached hydrogen (secondary N) is 1.